The Bertz CT molecular complexity index is 692. The van der Waals surface area contributed by atoms with Crippen LogP contribution < -0.4 is 4.90 Å². The van der Waals surface area contributed by atoms with Gasteiger partial charge in [-0.3, -0.25) is 9.80 Å². The van der Waals surface area contributed by atoms with E-state index in [0.717, 1.165) is 62.3 Å². The van der Waals surface area contributed by atoms with E-state index in [1.165, 1.54) is 12.1 Å². The van der Waals surface area contributed by atoms with Crippen LogP contribution in [0.5, 0.6) is 0 Å². The van der Waals surface area contributed by atoms with Gasteiger partial charge < -0.3 is 9.42 Å². The first-order valence-electron chi connectivity index (χ1n) is 9.88. The van der Waals surface area contributed by atoms with E-state index in [-0.39, 0.29) is 0 Å². The topological polar surface area (TPSA) is 35.8 Å². The van der Waals surface area contributed by atoms with E-state index >= 15 is 0 Å². The van der Waals surface area contributed by atoms with Crippen molar-refractivity contribution in [1.29, 1.82) is 0 Å². The van der Waals surface area contributed by atoms with Gasteiger partial charge in [-0.05, 0) is 56.7 Å². The molecule has 0 atom stereocenters. The fraction of sp³-hybridized carbons (Fsp3) is 0.571. The van der Waals surface area contributed by atoms with Crippen LogP contribution >= 0.6 is 11.6 Å². The first kappa shape index (κ1) is 20.2. The molecule has 0 spiro atoms. The first-order chi connectivity index (χ1) is 13.0. The first-order valence-corrected chi connectivity index (χ1v) is 10.3. The van der Waals surface area contributed by atoms with Crippen molar-refractivity contribution >= 4 is 17.3 Å². The summed E-state index contributed by atoms with van der Waals surface area (Å²) in [5.41, 5.74) is 2.31. The normalized spacial score (nSPS) is 15.9. The Kier molecular flexibility index (Phi) is 7.16. The van der Waals surface area contributed by atoms with Gasteiger partial charge >= 0.3 is 0 Å². The van der Waals surface area contributed by atoms with Crippen LogP contribution in [0.15, 0.2) is 34.9 Å². The van der Waals surface area contributed by atoms with Gasteiger partial charge in [0.05, 0.1) is 12.2 Å². The van der Waals surface area contributed by atoms with Crippen molar-refractivity contribution in [2.75, 3.05) is 51.2 Å². The van der Waals surface area contributed by atoms with Gasteiger partial charge in [0.15, 0.2) is 5.76 Å². The van der Waals surface area contributed by atoms with E-state index in [0.29, 0.717) is 5.92 Å². The summed E-state index contributed by atoms with van der Waals surface area (Å²) in [6, 6.07) is 10.2. The maximum Gasteiger partial charge on any atom is 0.150 e. The van der Waals surface area contributed by atoms with E-state index in [2.05, 4.69) is 59.0 Å². The third-order valence-electron chi connectivity index (χ3n) is 5.17. The van der Waals surface area contributed by atoms with Crippen molar-refractivity contribution in [2.45, 2.75) is 32.7 Å². The van der Waals surface area contributed by atoms with Crippen LogP contribution in [0.2, 0.25) is 5.02 Å². The number of anilines is 1. The number of hydrogen-bond acceptors (Lipinski definition) is 5. The Morgan fingerprint density at radius 3 is 2.48 bits per heavy atom. The van der Waals surface area contributed by atoms with Crippen molar-refractivity contribution < 1.29 is 4.52 Å². The second-order valence-electron chi connectivity index (χ2n) is 7.77. The van der Waals surface area contributed by atoms with Gasteiger partial charge in [-0.2, -0.15) is 0 Å². The molecule has 27 heavy (non-hydrogen) atoms. The molecule has 148 valence electrons. The van der Waals surface area contributed by atoms with Crippen LogP contribution in [0.25, 0.3) is 0 Å². The van der Waals surface area contributed by atoms with Gasteiger partial charge in [0.25, 0.3) is 0 Å². The molecular formula is C21H31ClN4O. The number of hydrogen-bond donors (Lipinski definition) is 0. The highest BCUT2D eigenvalue weighted by Gasteiger charge is 2.17. The maximum absolute atomic E-state index is 5.98. The average Bonchev–Trinajstić information content (AvgIpc) is 3.12. The largest absolute Gasteiger partial charge is 0.369 e. The fourth-order valence-electron chi connectivity index (χ4n) is 3.47. The molecular weight excluding hydrogens is 360 g/mol. The predicted octanol–water partition coefficient (Wildman–Crippen LogP) is 4.10. The van der Waals surface area contributed by atoms with Crippen LogP contribution in [-0.2, 0) is 6.54 Å². The lowest BCUT2D eigenvalue weighted by atomic mass is 10.1. The molecule has 1 aliphatic rings. The Hall–Kier alpha value is -1.56. The van der Waals surface area contributed by atoms with Crippen molar-refractivity contribution in [1.82, 2.24) is 15.0 Å². The molecule has 3 rings (SSSR count). The van der Waals surface area contributed by atoms with Gasteiger partial charge in [-0.15, -0.1) is 0 Å². The molecule has 1 aliphatic heterocycles. The highest BCUT2D eigenvalue weighted by Crippen LogP contribution is 2.19. The zero-order valence-corrected chi connectivity index (χ0v) is 17.5. The Labute approximate surface area is 167 Å². The summed E-state index contributed by atoms with van der Waals surface area (Å²) in [4.78, 5) is 7.31. The second-order valence-corrected chi connectivity index (χ2v) is 8.21. The minimum Gasteiger partial charge on any atom is -0.369 e. The van der Waals surface area contributed by atoms with Gasteiger partial charge in [0.2, 0.25) is 0 Å². The summed E-state index contributed by atoms with van der Waals surface area (Å²) in [6.45, 7) is 11.7. The molecule has 0 bridgehead atoms. The molecule has 5 nitrogen and oxygen atoms in total. The molecule has 1 aromatic carbocycles. The lowest BCUT2D eigenvalue weighted by Gasteiger charge is -2.36. The highest BCUT2D eigenvalue weighted by atomic mass is 35.5. The van der Waals surface area contributed by atoms with Crippen LogP contribution in [-0.4, -0.2) is 61.3 Å². The number of nitrogens with zero attached hydrogens (tertiary/aromatic N) is 4. The second kappa shape index (κ2) is 9.58. The summed E-state index contributed by atoms with van der Waals surface area (Å²) < 4.78 is 5.44. The fourth-order valence-corrected chi connectivity index (χ4v) is 3.59. The summed E-state index contributed by atoms with van der Waals surface area (Å²) in [7, 11) is 2.15. The summed E-state index contributed by atoms with van der Waals surface area (Å²) in [5.74, 6) is 1.37. The van der Waals surface area contributed by atoms with Crippen LogP contribution in [0.1, 0.15) is 37.6 Å². The smallest absolute Gasteiger partial charge is 0.150 e. The number of benzene rings is 1. The SMILES string of the molecule is CC(C)c1cc(CN(C)CCCN2CCN(c3ccc(Cl)cc3)CC2)on1. The van der Waals surface area contributed by atoms with Crippen molar-refractivity contribution in [3.8, 4) is 0 Å². The minimum atomic E-state index is 0.416. The average molecular weight is 391 g/mol. The summed E-state index contributed by atoms with van der Waals surface area (Å²) >= 11 is 5.98. The van der Waals surface area contributed by atoms with E-state index in [9.17, 15) is 0 Å². The predicted molar refractivity (Wildman–Crippen MR) is 112 cm³/mol. The molecule has 2 heterocycles. The van der Waals surface area contributed by atoms with Crippen molar-refractivity contribution in [3.05, 3.63) is 46.8 Å². The van der Waals surface area contributed by atoms with Gasteiger partial charge in [-0.1, -0.05) is 30.6 Å². The standard InChI is InChI=1S/C21H31ClN4O/c1-17(2)21-15-20(27-23-21)16-24(3)9-4-10-25-11-13-26(14-12-25)19-7-5-18(22)6-8-19/h5-8,15,17H,4,9-14,16H2,1-3H3. The Balaban J connectivity index is 1.34. The van der Waals surface area contributed by atoms with E-state index < -0.39 is 0 Å². The maximum atomic E-state index is 5.98. The quantitative estimate of drug-likeness (QED) is 0.678. The lowest BCUT2D eigenvalue weighted by molar-refractivity contribution is 0.222. The van der Waals surface area contributed by atoms with Gasteiger partial charge in [-0.25, -0.2) is 0 Å². The third kappa shape index (κ3) is 5.96. The monoisotopic (exact) mass is 390 g/mol. The van der Waals surface area contributed by atoms with Gasteiger partial charge in [0.1, 0.15) is 0 Å². The molecule has 0 amide bonds. The number of rotatable bonds is 8. The Morgan fingerprint density at radius 2 is 1.85 bits per heavy atom. The van der Waals surface area contributed by atoms with Gasteiger partial charge in [0, 0.05) is 43.0 Å². The molecule has 0 radical (unpaired) electrons. The third-order valence-corrected chi connectivity index (χ3v) is 5.42. The molecule has 2 aromatic rings. The minimum absolute atomic E-state index is 0.416. The molecule has 0 aliphatic carbocycles. The summed E-state index contributed by atoms with van der Waals surface area (Å²) in [6.07, 6.45) is 1.17. The van der Waals surface area contributed by atoms with Crippen LogP contribution in [0.3, 0.4) is 0 Å². The summed E-state index contributed by atoms with van der Waals surface area (Å²) in [5, 5.41) is 4.94. The van der Waals surface area contributed by atoms with Crippen molar-refractivity contribution in [3.63, 3.8) is 0 Å². The molecule has 1 fully saturated rings. The molecule has 6 heteroatoms. The van der Waals surface area contributed by atoms with E-state index in [4.69, 9.17) is 16.1 Å². The van der Waals surface area contributed by atoms with Crippen LogP contribution in [0.4, 0.5) is 5.69 Å². The zero-order chi connectivity index (χ0) is 19.2. The molecule has 1 aromatic heterocycles. The Morgan fingerprint density at radius 1 is 1.15 bits per heavy atom. The highest BCUT2D eigenvalue weighted by molar-refractivity contribution is 6.30. The molecule has 0 N–H and O–H groups in total. The van der Waals surface area contributed by atoms with E-state index in [1.807, 2.05) is 12.1 Å². The number of halogens is 1. The van der Waals surface area contributed by atoms with Crippen molar-refractivity contribution in [2.24, 2.45) is 0 Å². The molecule has 0 unspecified atom stereocenters. The van der Waals surface area contributed by atoms with E-state index in [1.54, 1.807) is 0 Å². The zero-order valence-electron chi connectivity index (χ0n) is 16.7. The lowest BCUT2D eigenvalue weighted by Crippen LogP contribution is -2.47. The number of piperazine rings is 1. The number of aromatic nitrogens is 1. The molecule has 0 saturated carbocycles. The van der Waals surface area contributed by atoms with Crippen LogP contribution in [0, 0.1) is 0 Å². The molecule has 1 saturated heterocycles.